The summed E-state index contributed by atoms with van der Waals surface area (Å²) in [5.41, 5.74) is 9.43. The van der Waals surface area contributed by atoms with E-state index in [1.165, 1.54) is 0 Å². The van der Waals surface area contributed by atoms with Gasteiger partial charge in [0, 0.05) is 57.1 Å². The minimum Gasteiger partial charge on any atom is -0.355 e. The second-order valence-corrected chi connectivity index (χ2v) is 10.9. The van der Waals surface area contributed by atoms with E-state index in [2.05, 4.69) is 141 Å². The maximum Gasteiger partial charge on any atom is 0.0715 e. The number of nitrogens with one attached hydrogen (secondary N) is 4. The highest BCUT2D eigenvalue weighted by molar-refractivity contribution is 5.82. The quantitative estimate of drug-likeness (QED) is 0.167. The Balaban J connectivity index is 1.51. The molecule has 1 aliphatic rings. The molecule has 0 amide bonds. The van der Waals surface area contributed by atoms with Crippen molar-refractivity contribution in [3.05, 3.63) is 164 Å². The minimum atomic E-state index is 0.785. The van der Waals surface area contributed by atoms with Crippen molar-refractivity contribution in [1.82, 2.24) is 19.9 Å². The molecule has 0 unspecified atom stereocenters. The number of terminal acetylenes is 1. The van der Waals surface area contributed by atoms with Gasteiger partial charge in [-0.1, -0.05) is 72.5 Å². The molecule has 6 aromatic rings. The summed E-state index contributed by atoms with van der Waals surface area (Å²) >= 11 is 0. The van der Waals surface area contributed by atoms with Crippen molar-refractivity contribution >= 4 is 22.8 Å². The Morgan fingerprint density at radius 2 is 1.14 bits per heavy atom. The number of hydrogen-bond acceptors (Lipinski definition) is 0. The summed E-state index contributed by atoms with van der Waals surface area (Å²) in [6, 6.07) is 38.1. The van der Waals surface area contributed by atoms with Gasteiger partial charge in [-0.05, 0) is 78.6 Å². The van der Waals surface area contributed by atoms with Crippen LogP contribution in [0.2, 0.25) is 0 Å². The van der Waals surface area contributed by atoms with Crippen LogP contribution in [0.4, 0.5) is 0 Å². The molecular weight excluding hydrogens is 536 g/mol. The Kier molecular flexibility index (Phi) is 7.48. The molecule has 0 atom stereocenters. The van der Waals surface area contributed by atoms with Crippen molar-refractivity contribution in [2.24, 2.45) is 0 Å². The molecule has 7 rings (SSSR count). The normalized spacial score (nSPS) is 12.3. The van der Waals surface area contributed by atoms with Gasteiger partial charge in [0.2, 0.25) is 0 Å². The molecule has 0 saturated carbocycles. The van der Waals surface area contributed by atoms with Gasteiger partial charge in [-0.15, -0.1) is 12.3 Å². The molecule has 1 aliphatic heterocycles. The van der Waals surface area contributed by atoms with Crippen molar-refractivity contribution in [2.45, 2.75) is 25.7 Å². The van der Waals surface area contributed by atoms with Crippen LogP contribution < -0.4 is 21.4 Å². The van der Waals surface area contributed by atoms with Crippen LogP contribution in [0.3, 0.4) is 0 Å². The van der Waals surface area contributed by atoms with E-state index in [1.54, 1.807) is 0 Å². The van der Waals surface area contributed by atoms with Crippen molar-refractivity contribution in [2.75, 3.05) is 0 Å². The van der Waals surface area contributed by atoms with E-state index < -0.39 is 0 Å². The van der Waals surface area contributed by atoms with Gasteiger partial charge in [0.15, 0.2) is 0 Å². The van der Waals surface area contributed by atoms with Gasteiger partial charge in [0.05, 0.1) is 16.6 Å². The minimum absolute atomic E-state index is 0.785. The molecule has 0 spiro atoms. The van der Waals surface area contributed by atoms with E-state index >= 15 is 0 Å². The highest BCUT2D eigenvalue weighted by Crippen LogP contribution is 2.23. The third-order valence-corrected chi connectivity index (χ3v) is 7.93. The Morgan fingerprint density at radius 1 is 0.523 bits per heavy atom. The lowest BCUT2D eigenvalue weighted by molar-refractivity contribution is 0.783. The summed E-state index contributed by atoms with van der Waals surface area (Å²) in [5, 5.41) is 4.04. The summed E-state index contributed by atoms with van der Waals surface area (Å²) in [4.78, 5) is 14.8. The van der Waals surface area contributed by atoms with E-state index in [4.69, 9.17) is 6.42 Å². The number of H-pyrrole nitrogens is 4. The lowest BCUT2D eigenvalue weighted by Crippen LogP contribution is -2.17. The van der Waals surface area contributed by atoms with E-state index in [0.29, 0.717) is 0 Å². The standard InChI is InChI=1S/C40H32N4/c1-2-3-4-5-6-13-18-32-33-23-25-37(43-33)39(28-14-9-7-10-15-28)35-21-19-30(41-35)27-31-20-22-36(42-31)40(29-16-11-8-12-17-29)38-26-24-34(32)44-38/h1,7-12,14-17,19-27,41-44H,3-6H2. The molecule has 4 N–H and O–H groups in total. The van der Waals surface area contributed by atoms with Crippen LogP contribution in [0.25, 0.3) is 22.8 Å². The highest BCUT2D eigenvalue weighted by Gasteiger charge is 2.14. The Hall–Kier alpha value is -5.84. The summed E-state index contributed by atoms with van der Waals surface area (Å²) < 4.78 is 0. The molecule has 0 aliphatic carbocycles. The van der Waals surface area contributed by atoms with Gasteiger partial charge in [-0.2, -0.15) is 0 Å². The first-order valence-corrected chi connectivity index (χ1v) is 15.0. The Bertz CT molecular complexity index is 2290. The average Bonchev–Trinajstić information content (AvgIpc) is 3.88. The van der Waals surface area contributed by atoms with Crippen molar-refractivity contribution in [1.29, 1.82) is 0 Å². The van der Waals surface area contributed by atoms with Crippen LogP contribution in [0.1, 0.15) is 59.6 Å². The largest absolute Gasteiger partial charge is 0.355 e. The highest BCUT2D eigenvalue weighted by atomic mass is 14.8. The molecule has 0 saturated heterocycles. The number of aromatic amines is 4. The Morgan fingerprint density at radius 3 is 1.89 bits per heavy atom. The van der Waals surface area contributed by atoms with Crippen LogP contribution in [0.5, 0.6) is 0 Å². The summed E-state index contributed by atoms with van der Waals surface area (Å²) in [6.07, 6.45) is 11.1. The number of rotatable bonds is 5. The zero-order valence-electron chi connectivity index (χ0n) is 24.4. The van der Waals surface area contributed by atoms with Crippen LogP contribution in [0.15, 0.2) is 109 Å². The van der Waals surface area contributed by atoms with Crippen LogP contribution in [-0.4, -0.2) is 19.9 Å². The number of aromatic nitrogens is 4. The smallest absolute Gasteiger partial charge is 0.0715 e. The van der Waals surface area contributed by atoms with Gasteiger partial charge < -0.3 is 19.9 Å². The van der Waals surface area contributed by atoms with E-state index in [9.17, 15) is 0 Å². The summed E-state index contributed by atoms with van der Waals surface area (Å²) in [7, 11) is 0. The fourth-order valence-electron chi connectivity index (χ4n) is 5.82. The fourth-order valence-corrected chi connectivity index (χ4v) is 5.82. The van der Waals surface area contributed by atoms with Gasteiger partial charge >= 0.3 is 0 Å². The molecule has 2 aromatic carbocycles. The first-order valence-electron chi connectivity index (χ1n) is 15.0. The number of hydrogen-bond donors (Lipinski definition) is 4. The average molecular weight is 569 g/mol. The number of fused-ring (bicyclic) bond motifs is 8. The zero-order chi connectivity index (χ0) is 29.7. The predicted molar refractivity (Wildman–Crippen MR) is 179 cm³/mol. The molecule has 0 fully saturated rings. The fraction of sp³-hybridized carbons (Fsp3) is 0.100. The molecule has 8 bridgehead atoms. The van der Waals surface area contributed by atoms with Crippen LogP contribution >= 0.6 is 0 Å². The molecule has 0 radical (unpaired) electrons. The third-order valence-electron chi connectivity index (χ3n) is 7.93. The van der Waals surface area contributed by atoms with Crippen molar-refractivity contribution in [3.8, 4) is 24.2 Å². The van der Waals surface area contributed by atoms with Crippen molar-refractivity contribution in [3.63, 3.8) is 0 Å². The lowest BCUT2D eigenvalue weighted by atomic mass is 10.0. The predicted octanol–water partition coefficient (Wildman–Crippen LogP) is 5.03. The second kappa shape index (κ2) is 12.2. The maximum atomic E-state index is 5.45. The Labute approximate surface area is 256 Å². The van der Waals surface area contributed by atoms with E-state index in [0.717, 1.165) is 97.7 Å². The van der Waals surface area contributed by atoms with Crippen LogP contribution in [-0.2, 0) is 0 Å². The summed E-state index contributed by atoms with van der Waals surface area (Å²) in [6.45, 7) is 0. The van der Waals surface area contributed by atoms with E-state index in [-0.39, 0.29) is 0 Å². The lowest BCUT2D eigenvalue weighted by Gasteiger charge is -2.06. The molecular formula is C40H32N4. The first-order chi connectivity index (χ1) is 21.8. The van der Waals surface area contributed by atoms with Gasteiger partial charge in [0.1, 0.15) is 0 Å². The van der Waals surface area contributed by atoms with Gasteiger partial charge in [0.25, 0.3) is 0 Å². The number of benzene rings is 2. The SMILES string of the molecule is C#CCCCCC#CC1=c2ccc([nH]2)=C(c2ccccc2)c2ccc([nH]2)C=c2ccc([nH]2)=C(c2ccccc2)c2ccc1[nH]2. The zero-order valence-corrected chi connectivity index (χ0v) is 24.4. The second-order valence-electron chi connectivity index (χ2n) is 10.9. The molecule has 5 heterocycles. The molecule has 4 nitrogen and oxygen atoms in total. The topological polar surface area (TPSA) is 63.2 Å². The monoisotopic (exact) mass is 568 g/mol. The van der Waals surface area contributed by atoms with Gasteiger partial charge in [-0.3, -0.25) is 0 Å². The van der Waals surface area contributed by atoms with Crippen molar-refractivity contribution < 1.29 is 0 Å². The number of unbranched alkanes of at least 4 members (excludes halogenated alkanes) is 3. The molecule has 4 heteroatoms. The first kappa shape index (κ1) is 27.0. The molecule has 44 heavy (non-hydrogen) atoms. The molecule has 212 valence electrons. The third kappa shape index (κ3) is 5.50. The van der Waals surface area contributed by atoms with Gasteiger partial charge in [-0.25, -0.2) is 0 Å². The maximum absolute atomic E-state index is 5.45. The van der Waals surface area contributed by atoms with E-state index in [1.807, 2.05) is 12.1 Å². The van der Waals surface area contributed by atoms with Crippen LogP contribution in [0, 0.1) is 24.2 Å². The molecule has 4 aromatic heterocycles. The summed E-state index contributed by atoms with van der Waals surface area (Å²) in [5.74, 6) is 9.67.